The Balaban J connectivity index is 1.92. The first-order valence-corrected chi connectivity index (χ1v) is 6.97. The third-order valence-electron chi connectivity index (χ3n) is 3.29. The summed E-state index contributed by atoms with van der Waals surface area (Å²) in [5.74, 6) is 0. The van der Waals surface area contributed by atoms with Crippen LogP contribution in [0.1, 0.15) is 26.3 Å². The second-order valence-electron chi connectivity index (χ2n) is 5.74. The van der Waals surface area contributed by atoms with E-state index in [-0.39, 0.29) is 0 Å². The van der Waals surface area contributed by atoms with Gasteiger partial charge in [0.25, 0.3) is 0 Å². The van der Waals surface area contributed by atoms with Gasteiger partial charge in [-0.15, -0.1) is 0 Å². The lowest BCUT2D eigenvalue weighted by atomic mass is 9.85. The van der Waals surface area contributed by atoms with Gasteiger partial charge in [0.1, 0.15) is 0 Å². The lowest BCUT2D eigenvalue weighted by Gasteiger charge is -2.40. The van der Waals surface area contributed by atoms with Crippen molar-refractivity contribution >= 4 is 11.3 Å². The molecule has 2 nitrogen and oxygen atoms in total. The highest BCUT2D eigenvalue weighted by Gasteiger charge is 2.28. The number of thiophene rings is 1. The minimum absolute atomic E-state index is 0.354. The summed E-state index contributed by atoms with van der Waals surface area (Å²) >= 11 is 1.79. The van der Waals surface area contributed by atoms with Crippen molar-refractivity contribution < 1.29 is 0 Å². The molecule has 2 rings (SSSR count). The predicted octanol–water partition coefficient (Wildman–Crippen LogP) is 2.57. The van der Waals surface area contributed by atoms with E-state index in [1.54, 1.807) is 11.3 Å². The van der Waals surface area contributed by atoms with Crippen LogP contribution in [0.25, 0.3) is 0 Å². The molecule has 0 amide bonds. The molecule has 1 aromatic rings. The molecule has 1 N–H and O–H groups in total. The molecular formula is C13H22N2S. The van der Waals surface area contributed by atoms with Crippen molar-refractivity contribution in [2.45, 2.75) is 33.4 Å². The van der Waals surface area contributed by atoms with Crippen molar-refractivity contribution in [1.29, 1.82) is 0 Å². The van der Waals surface area contributed by atoms with Gasteiger partial charge in [-0.2, -0.15) is 11.3 Å². The third kappa shape index (κ3) is 3.06. The Morgan fingerprint density at radius 2 is 2.31 bits per heavy atom. The smallest absolute Gasteiger partial charge is 0.0244 e. The highest BCUT2D eigenvalue weighted by atomic mass is 32.1. The monoisotopic (exact) mass is 238 g/mol. The Bertz CT molecular complexity index is 313. The molecule has 1 saturated heterocycles. The lowest BCUT2D eigenvalue weighted by Crippen LogP contribution is -2.55. The highest BCUT2D eigenvalue weighted by Crippen LogP contribution is 2.22. The van der Waals surface area contributed by atoms with Gasteiger partial charge in [-0.25, -0.2) is 0 Å². The van der Waals surface area contributed by atoms with E-state index in [2.05, 4.69) is 47.8 Å². The van der Waals surface area contributed by atoms with Crippen LogP contribution in [-0.4, -0.2) is 30.6 Å². The molecule has 3 heteroatoms. The van der Waals surface area contributed by atoms with Gasteiger partial charge < -0.3 is 5.32 Å². The Morgan fingerprint density at radius 3 is 2.94 bits per heavy atom. The molecule has 0 spiro atoms. The fraction of sp³-hybridized carbons (Fsp3) is 0.692. The van der Waals surface area contributed by atoms with E-state index in [4.69, 9.17) is 0 Å². The molecule has 0 bridgehead atoms. The maximum atomic E-state index is 3.63. The van der Waals surface area contributed by atoms with E-state index in [0.29, 0.717) is 11.5 Å². The van der Waals surface area contributed by atoms with E-state index in [1.165, 1.54) is 18.7 Å². The zero-order chi connectivity index (χ0) is 11.6. The first-order chi connectivity index (χ1) is 7.55. The standard InChI is InChI=1S/C13H22N2S/c1-13(2,3)12-9-15(6-5-14-12)8-11-4-7-16-10-11/h4,7,10,12,14H,5-6,8-9H2,1-3H3. The Morgan fingerprint density at radius 1 is 1.50 bits per heavy atom. The quantitative estimate of drug-likeness (QED) is 0.852. The molecule has 1 aliphatic rings. The molecule has 1 unspecified atom stereocenters. The Kier molecular flexibility index (Phi) is 3.67. The molecule has 90 valence electrons. The summed E-state index contributed by atoms with van der Waals surface area (Å²) in [5.41, 5.74) is 1.81. The van der Waals surface area contributed by atoms with Gasteiger partial charge in [-0.05, 0) is 27.8 Å². The van der Waals surface area contributed by atoms with Gasteiger partial charge >= 0.3 is 0 Å². The van der Waals surface area contributed by atoms with Crippen LogP contribution in [0, 0.1) is 5.41 Å². The summed E-state index contributed by atoms with van der Waals surface area (Å²) in [5, 5.41) is 8.05. The predicted molar refractivity (Wildman–Crippen MR) is 70.8 cm³/mol. The summed E-state index contributed by atoms with van der Waals surface area (Å²) < 4.78 is 0. The Hall–Kier alpha value is -0.380. The fourth-order valence-corrected chi connectivity index (χ4v) is 2.84. The van der Waals surface area contributed by atoms with Crippen LogP contribution in [0.4, 0.5) is 0 Å². The Labute approximate surface area is 103 Å². The number of rotatable bonds is 2. The maximum Gasteiger partial charge on any atom is 0.0244 e. The van der Waals surface area contributed by atoms with E-state index in [9.17, 15) is 0 Å². The normalized spacial score (nSPS) is 23.6. The van der Waals surface area contributed by atoms with Crippen molar-refractivity contribution in [3.05, 3.63) is 22.4 Å². The van der Waals surface area contributed by atoms with Crippen LogP contribution in [0.2, 0.25) is 0 Å². The summed E-state index contributed by atoms with van der Waals surface area (Å²) in [6.07, 6.45) is 0. The third-order valence-corrected chi connectivity index (χ3v) is 4.02. The van der Waals surface area contributed by atoms with E-state index < -0.39 is 0 Å². The van der Waals surface area contributed by atoms with E-state index >= 15 is 0 Å². The van der Waals surface area contributed by atoms with Crippen molar-refractivity contribution in [2.75, 3.05) is 19.6 Å². The minimum Gasteiger partial charge on any atom is -0.311 e. The van der Waals surface area contributed by atoms with Gasteiger partial charge in [0.2, 0.25) is 0 Å². The van der Waals surface area contributed by atoms with Crippen molar-refractivity contribution in [3.8, 4) is 0 Å². The maximum absolute atomic E-state index is 3.63. The average Bonchev–Trinajstić information content (AvgIpc) is 2.70. The number of nitrogens with one attached hydrogen (secondary N) is 1. The van der Waals surface area contributed by atoms with Gasteiger partial charge in [0.05, 0.1) is 0 Å². The molecule has 1 fully saturated rings. The van der Waals surface area contributed by atoms with E-state index in [0.717, 1.165) is 13.1 Å². The molecule has 1 aromatic heterocycles. The molecule has 0 saturated carbocycles. The molecule has 1 atom stereocenters. The second kappa shape index (κ2) is 4.86. The highest BCUT2D eigenvalue weighted by molar-refractivity contribution is 7.07. The second-order valence-corrected chi connectivity index (χ2v) is 6.52. The zero-order valence-electron chi connectivity index (χ0n) is 10.5. The summed E-state index contributed by atoms with van der Waals surface area (Å²) in [6, 6.07) is 2.85. The van der Waals surface area contributed by atoms with Crippen molar-refractivity contribution in [2.24, 2.45) is 5.41 Å². The number of hydrogen-bond acceptors (Lipinski definition) is 3. The molecule has 0 aliphatic carbocycles. The van der Waals surface area contributed by atoms with Crippen molar-refractivity contribution in [3.63, 3.8) is 0 Å². The summed E-state index contributed by atoms with van der Waals surface area (Å²) in [6.45, 7) is 11.5. The molecular weight excluding hydrogens is 216 g/mol. The van der Waals surface area contributed by atoms with Crippen LogP contribution in [-0.2, 0) is 6.54 Å². The van der Waals surface area contributed by atoms with Gasteiger partial charge in [-0.3, -0.25) is 4.90 Å². The summed E-state index contributed by atoms with van der Waals surface area (Å²) in [7, 11) is 0. The van der Waals surface area contributed by atoms with Crippen LogP contribution in [0.5, 0.6) is 0 Å². The molecule has 0 radical (unpaired) electrons. The number of hydrogen-bond donors (Lipinski definition) is 1. The first kappa shape index (κ1) is 12.1. The lowest BCUT2D eigenvalue weighted by molar-refractivity contribution is 0.129. The van der Waals surface area contributed by atoms with Gasteiger partial charge in [-0.1, -0.05) is 20.8 Å². The average molecular weight is 238 g/mol. The van der Waals surface area contributed by atoms with Gasteiger partial charge in [0, 0.05) is 32.2 Å². The van der Waals surface area contributed by atoms with E-state index in [1.807, 2.05) is 0 Å². The minimum atomic E-state index is 0.354. The number of piperazine rings is 1. The fourth-order valence-electron chi connectivity index (χ4n) is 2.18. The van der Waals surface area contributed by atoms with Crippen LogP contribution in [0.15, 0.2) is 16.8 Å². The first-order valence-electron chi connectivity index (χ1n) is 6.02. The molecule has 0 aromatic carbocycles. The molecule has 16 heavy (non-hydrogen) atoms. The topological polar surface area (TPSA) is 15.3 Å². The number of nitrogens with zero attached hydrogens (tertiary/aromatic N) is 1. The molecule has 1 aliphatic heterocycles. The SMILES string of the molecule is CC(C)(C)C1CN(Cc2ccsc2)CCN1. The van der Waals surface area contributed by atoms with Crippen LogP contribution in [0.3, 0.4) is 0 Å². The largest absolute Gasteiger partial charge is 0.311 e. The summed E-state index contributed by atoms with van der Waals surface area (Å²) in [4.78, 5) is 2.56. The zero-order valence-corrected chi connectivity index (χ0v) is 11.3. The molecule has 2 heterocycles. The van der Waals surface area contributed by atoms with Crippen molar-refractivity contribution in [1.82, 2.24) is 10.2 Å². The van der Waals surface area contributed by atoms with Crippen LogP contribution < -0.4 is 5.32 Å². The van der Waals surface area contributed by atoms with Gasteiger partial charge in [0.15, 0.2) is 0 Å². The van der Waals surface area contributed by atoms with Crippen LogP contribution >= 0.6 is 11.3 Å².